The molecule has 104 valence electrons. The molecule has 2 heterocycles. The van der Waals surface area contributed by atoms with Gasteiger partial charge in [0.2, 0.25) is 0 Å². The molecule has 0 spiro atoms. The summed E-state index contributed by atoms with van der Waals surface area (Å²) in [6.45, 7) is 1.67. The zero-order valence-electron chi connectivity index (χ0n) is 11.0. The number of pyridine rings is 1. The first kappa shape index (κ1) is 13.6. The molecule has 0 radical (unpaired) electrons. The Hall–Kier alpha value is -1.36. The molecule has 1 aliphatic heterocycles. The van der Waals surface area contributed by atoms with Gasteiger partial charge in [-0.2, -0.15) is 0 Å². The van der Waals surface area contributed by atoms with E-state index in [4.69, 9.17) is 34.3 Å². The smallest absolute Gasteiger partial charge is 0.123 e. The SMILES string of the molecule is CN1CCc2nc3cc(Cl)cc(Cl)c3c(C(=N)N)c2C1. The molecule has 0 aliphatic carbocycles. The number of nitrogens with zero attached hydrogens (tertiary/aromatic N) is 2. The fourth-order valence-corrected chi connectivity index (χ4v) is 3.30. The second-order valence-corrected chi connectivity index (χ2v) is 5.94. The van der Waals surface area contributed by atoms with E-state index < -0.39 is 0 Å². The summed E-state index contributed by atoms with van der Waals surface area (Å²) in [5.74, 6) is 0.0215. The number of rotatable bonds is 1. The van der Waals surface area contributed by atoms with Crippen LogP contribution >= 0.6 is 23.2 Å². The molecule has 0 atom stereocenters. The topological polar surface area (TPSA) is 66.0 Å². The minimum absolute atomic E-state index is 0.0215. The predicted octanol–water partition coefficient (Wildman–Crippen LogP) is 2.81. The van der Waals surface area contributed by atoms with Gasteiger partial charge in [-0.1, -0.05) is 23.2 Å². The molecule has 0 unspecified atom stereocenters. The van der Waals surface area contributed by atoms with Crippen molar-refractivity contribution < 1.29 is 0 Å². The minimum Gasteiger partial charge on any atom is -0.384 e. The van der Waals surface area contributed by atoms with Gasteiger partial charge in [0.1, 0.15) is 5.84 Å². The summed E-state index contributed by atoms with van der Waals surface area (Å²) in [4.78, 5) is 6.85. The Morgan fingerprint density at radius 2 is 2.15 bits per heavy atom. The highest BCUT2D eigenvalue weighted by Crippen LogP contribution is 2.34. The van der Waals surface area contributed by atoms with Crippen molar-refractivity contribution in [3.63, 3.8) is 0 Å². The first-order valence-electron chi connectivity index (χ1n) is 6.31. The molecule has 0 saturated carbocycles. The number of likely N-dealkylation sites (N-methyl/N-ethyl adjacent to an activating group) is 1. The van der Waals surface area contributed by atoms with Crippen LogP contribution in [-0.4, -0.2) is 29.3 Å². The molecule has 0 amide bonds. The molecular weight excluding hydrogens is 295 g/mol. The van der Waals surface area contributed by atoms with E-state index in [-0.39, 0.29) is 5.84 Å². The van der Waals surface area contributed by atoms with Crippen molar-refractivity contribution in [2.24, 2.45) is 5.73 Å². The summed E-state index contributed by atoms with van der Waals surface area (Å²) < 4.78 is 0. The minimum atomic E-state index is 0.0215. The van der Waals surface area contributed by atoms with Gasteiger partial charge < -0.3 is 10.6 Å². The molecule has 3 rings (SSSR count). The molecule has 4 nitrogen and oxygen atoms in total. The van der Waals surface area contributed by atoms with Crippen LogP contribution in [0.25, 0.3) is 10.9 Å². The quantitative estimate of drug-likeness (QED) is 0.629. The molecule has 1 aromatic heterocycles. The normalized spacial score (nSPS) is 15.3. The number of benzene rings is 1. The van der Waals surface area contributed by atoms with Gasteiger partial charge in [-0.25, -0.2) is 0 Å². The van der Waals surface area contributed by atoms with Crippen LogP contribution in [0.2, 0.25) is 10.0 Å². The number of nitrogens with one attached hydrogen (secondary N) is 1. The third-order valence-corrected chi connectivity index (χ3v) is 4.13. The summed E-state index contributed by atoms with van der Waals surface area (Å²) in [5, 5.41) is 9.66. The van der Waals surface area contributed by atoms with Crippen LogP contribution in [0, 0.1) is 5.41 Å². The fraction of sp³-hybridized carbons (Fsp3) is 0.286. The molecule has 6 heteroatoms. The van der Waals surface area contributed by atoms with Gasteiger partial charge >= 0.3 is 0 Å². The lowest BCUT2D eigenvalue weighted by molar-refractivity contribution is 0.310. The number of nitrogen functional groups attached to an aromatic ring is 1. The van der Waals surface area contributed by atoms with Crippen molar-refractivity contribution in [2.45, 2.75) is 13.0 Å². The largest absolute Gasteiger partial charge is 0.384 e. The van der Waals surface area contributed by atoms with Gasteiger partial charge in [0.25, 0.3) is 0 Å². The lowest BCUT2D eigenvalue weighted by atomic mass is 9.95. The van der Waals surface area contributed by atoms with Crippen LogP contribution in [0.15, 0.2) is 12.1 Å². The van der Waals surface area contributed by atoms with Crippen molar-refractivity contribution in [1.29, 1.82) is 5.41 Å². The molecule has 0 fully saturated rings. The van der Waals surface area contributed by atoms with Gasteiger partial charge in [0.15, 0.2) is 0 Å². The van der Waals surface area contributed by atoms with E-state index in [1.807, 2.05) is 7.05 Å². The number of aromatic nitrogens is 1. The van der Waals surface area contributed by atoms with Gasteiger partial charge in [0, 0.05) is 41.2 Å². The Kier molecular flexibility index (Phi) is 3.32. The van der Waals surface area contributed by atoms with Crippen LogP contribution in [0.1, 0.15) is 16.8 Å². The summed E-state index contributed by atoms with van der Waals surface area (Å²) in [6.07, 6.45) is 0.839. The Balaban J connectivity index is 2.42. The fourth-order valence-electron chi connectivity index (χ4n) is 2.72. The highest BCUT2D eigenvalue weighted by Gasteiger charge is 2.23. The molecule has 0 bridgehead atoms. The first-order valence-corrected chi connectivity index (χ1v) is 7.06. The average Bonchev–Trinajstić information content (AvgIpc) is 2.36. The molecule has 2 aromatic rings. The Morgan fingerprint density at radius 1 is 1.40 bits per heavy atom. The summed E-state index contributed by atoms with van der Waals surface area (Å²) in [6, 6.07) is 3.44. The summed E-state index contributed by atoms with van der Waals surface area (Å²) in [7, 11) is 2.04. The molecule has 20 heavy (non-hydrogen) atoms. The summed E-state index contributed by atoms with van der Waals surface area (Å²) in [5.41, 5.74) is 9.19. The molecule has 3 N–H and O–H groups in total. The molecular formula is C14H14Cl2N4. The van der Waals surface area contributed by atoms with E-state index in [9.17, 15) is 0 Å². The third kappa shape index (κ3) is 2.14. The van der Waals surface area contributed by atoms with Crippen molar-refractivity contribution >= 4 is 39.9 Å². The van der Waals surface area contributed by atoms with Gasteiger partial charge in [-0.05, 0) is 24.7 Å². The van der Waals surface area contributed by atoms with Crippen LogP contribution in [0.5, 0.6) is 0 Å². The maximum atomic E-state index is 7.91. The number of nitrogens with two attached hydrogens (primary N) is 1. The standard InChI is InChI=1S/C14H14Cl2N4/c1-20-3-2-10-8(6-20)12(14(17)18)13-9(16)4-7(15)5-11(13)19-10/h4-5H,2-3,6H2,1H3,(H3,17,18). The lowest BCUT2D eigenvalue weighted by Gasteiger charge is -2.27. The van der Waals surface area contributed by atoms with Crippen LogP contribution in [0.4, 0.5) is 0 Å². The van der Waals surface area contributed by atoms with Crippen molar-refractivity contribution in [3.8, 4) is 0 Å². The number of amidine groups is 1. The van der Waals surface area contributed by atoms with E-state index in [0.717, 1.165) is 36.2 Å². The average molecular weight is 309 g/mol. The molecule has 0 saturated heterocycles. The van der Waals surface area contributed by atoms with Crippen molar-refractivity contribution in [1.82, 2.24) is 9.88 Å². The predicted molar refractivity (Wildman–Crippen MR) is 82.8 cm³/mol. The van der Waals surface area contributed by atoms with E-state index >= 15 is 0 Å². The molecule has 1 aromatic carbocycles. The Labute approximate surface area is 127 Å². The second-order valence-electron chi connectivity index (χ2n) is 5.10. The third-order valence-electron chi connectivity index (χ3n) is 3.62. The van der Waals surface area contributed by atoms with E-state index in [0.29, 0.717) is 21.1 Å². The monoisotopic (exact) mass is 308 g/mol. The lowest BCUT2D eigenvalue weighted by Crippen LogP contribution is -2.30. The summed E-state index contributed by atoms with van der Waals surface area (Å²) >= 11 is 12.3. The maximum absolute atomic E-state index is 7.91. The Morgan fingerprint density at radius 3 is 2.85 bits per heavy atom. The van der Waals surface area contributed by atoms with Crippen LogP contribution in [0.3, 0.4) is 0 Å². The number of hydrogen-bond donors (Lipinski definition) is 2. The molecule has 1 aliphatic rings. The zero-order valence-corrected chi connectivity index (χ0v) is 12.5. The number of hydrogen-bond acceptors (Lipinski definition) is 3. The van der Waals surface area contributed by atoms with Crippen LogP contribution < -0.4 is 5.73 Å². The number of halogens is 2. The van der Waals surface area contributed by atoms with E-state index in [1.54, 1.807) is 12.1 Å². The van der Waals surface area contributed by atoms with E-state index in [2.05, 4.69) is 9.88 Å². The van der Waals surface area contributed by atoms with Crippen LogP contribution in [-0.2, 0) is 13.0 Å². The van der Waals surface area contributed by atoms with Crippen molar-refractivity contribution in [3.05, 3.63) is 39.0 Å². The maximum Gasteiger partial charge on any atom is 0.123 e. The highest BCUT2D eigenvalue weighted by molar-refractivity contribution is 6.39. The zero-order chi connectivity index (χ0) is 14.4. The van der Waals surface area contributed by atoms with Gasteiger partial charge in [-0.15, -0.1) is 0 Å². The first-order chi connectivity index (χ1) is 9.47. The number of fused-ring (bicyclic) bond motifs is 2. The van der Waals surface area contributed by atoms with Gasteiger partial charge in [0.05, 0.1) is 10.5 Å². The van der Waals surface area contributed by atoms with Gasteiger partial charge in [-0.3, -0.25) is 10.4 Å². The van der Waals surface area contributed by atoms with E-state index in [1.165, 1.54) is 0 Å². The second kappa shape index (κ2) is 4.88. The highest BCUT2D eigenvalue weighted by atomic mass is 35.5. The Bertz CT molecular complexity index is 727. The van der Waals surface area contributed by atoms with Crippen molar-refractivity contribution in [2.75, 3.05) is 13.6 Å².